The van der Waals surface area contributed by atoms with Crippen molar-refractivity contribution >= 4 is 12.0 Å². The summed E-state index contributed by atoms with van der Waals surface area (Å²) >= 11 is 0. The van der Waals surface area contributed by atoms with Crippen molar-refractivity contribution in [3.63, 3.8) is 0 Å². The molecular formula is C25H28FNO5. The van der Waals surface area contributed by atoms with Crippen molar-refractivity contribution in [2.75, 3.05) is 19.8 Å². The first kappa shape index (κ1) is 22.4. The maximum atomic E-state index is 13.5. The standard InChI is InChI=1S/C25H28FNO5/c1-24(2)16-31-25(32-17-24,19-10-12-20(26)13-11-19)14-6-9-22(28)27-21(15-30-23(27)29)18-7-4-3-5-8-18/h3-5,7-8,10-13,21H,6,9,14-17H2,1-2H3/t21-/m0/s1. The maximum Gasteiger partial charge on any atom is 0.417 e. The molecule has 2 fully saturated rings. The molecule has 0 saturated carbocycles. The van der Waals surface area contributed by atoms with Crippen LogP contribution in [-0.2, 0) is 24.8 Å². The number of cyclic esters (lactones) is 1. The Balaban J connectivity index is 1.45. The molecule has 0 N–H and O–H groups in total. The first-order chi connectivity index (χ1) is 15.3. The molecule has 1 atom stereocenters. The normalized spacial score (nSPS) is 21.9. The molecule has 2 amide bonds. The van der Waals surface area contributed by atoms with Gasteiger partial charge < -0.3 is 14.2 Å². The fourth-order valence-electron chi connectivity index (χ4n) is 4.08. The third kappa shape index (κ3) is 4.69. The highest BCUT2D eigenvalue weighted by atomic mass is 19.1. The molecule has 170 valence electrons. The van der Waals surface area contributed by atoms with Gasteiger partial charge in [-0.2, -0.15) is 0 Å². The zero-order valence-corrected chi connectivity index (χ0v) is 18.4. The van der Waals surface area contributed by atoms with E-state index in [9.17, 15) is 14.0 Å². The van der Waals surface area contributed by atoms with E-state index < -0.39 is 17.9 Å². The van der Waals surface area contributed by atoms with Gasteiger partial charge in [0.2, 0.25) is 5.91 Å². The van der Waals surface area contributed by atoms with Gasteiger partial charge >= 0.3 is 6.09 Å². The van der Waals surface area contributed by atoms with E-state index in [4.69, 9.17) is 14.2 Å². The summed E-state index contributed by atoms with van der Waals surface area (Å²) in [5, 5.41) is 0. The van der Waals surface area contributed by atoms with Gasteiger partial charge in [-0.15, -0.1) is 0 Å². The predicted octanol–water partition coefficient (Wildman–Crippen LogP) is 4.94. The molecule has 0 aromatic heterocycles. The van der Waals surface area contributed by atoms with Crippen LogP contribution < -0.4 is 0 Å². The van der Waals surface area contributed by atoms with Crippen LogP contribution in [0.2, 0.25) is 0 Å². The molecule has 6 nitrogen and oxygen atoms in total. The number of benzene rings is 2. The number of imide groups is 1. The van der Waals surface area contributed by atoms with Crippen LogP contribution in [0.4, 0.5) is 9.18 Å². The second kappa shape index (κ2) is 9.00. The summed E-state index contributed by atoms with van der Waals surface area (Å²) in [6.07, 6.45) is 0.350. The van der Waals surface area contributed by atoms with Gasteiger partial charge in [0.25, 0.3) is 0 Å². The smallest absolute Gasteiger partial charge is 0.417 e. The Morgan fingerprint density at radius 3 is 2.38 bits per heavy atom. The predicted molar refractivity (Wildman–Crippen MR) is 115 cm³/mol. The van der Waals surface area contributed by atoms with E-state index in [0.29, 0.717) is 31.6 Å². The van der Waals surface area contributed by atoms with E-state index >= 15 is 0 Å². The Kier molecular flexibility index (Phi) is 6.31. The van der Waals surface area contributed by atoms with Gasteiger partial charge in [0, 0.05) is 23.8 Å². The second-order valence-electron chi connectivity index (χ2n) is 9.12. The summed E-state index contributed by atoms with van der Waals surface area (Å²) in [4.78, 5) is 26.4. The van der Waals surface area contributed by atoms with Gasteiger partial charge in [0.1, 0.15) is 18.5 Å². The molecule has 0 radical (unpaired) electrons. The van der Waals surface area contributed by atoms with Gasteiger partial charge in [-0.25, -0.2) is 14.1 Å². The lowest BCUT2D eigenvalue weighted by Gasteiger charge is -2.44. The van der Waals surface area contributed by atoms with Crippen LogP contribution in [0.15, 0.2) is 54.6 Å². The zero-order valence-electron chi connectivity index (χ0n) is 18.4. The lowest BCUT2D eigenvalue weighted by atomic mass is 9.91. The fourth-order valence-corrected chi connectivity index (χ4v) is 4.08. The molecule has 0 unspecified atom stereocenters. The van der Waals surface area contributed by atoms with Crippen LogP contribution in [0.25, 0.3) is 0 Å². The van der Waals surface area contributed by atoms with Crippen molar-refractivity contribution in [3.8, 4) is 0 Å². The molecule has 2 aliphatic rings. The first-order valence-electron chi connectivity index (χ1n) is 10.9. The summed E-state index contributed by atoms with van der Waals surface area (Å²) in [5.41, 5.74) is 1.43. The lowest BCUT2D eigenvalue weighted by molar-refractivity contribution is -0.311. The van der Waals surface area contributed by atoms with Gasteiger partial charge in [0.05, 0.1) is 13.2 Å². The minimum atomic E-state index is -1.05. The van der Waals surface area contributed by atoms with E-state index in [0.717, 1.165) is 5.56 Å². The molecule has 7 heteroatoms. The topological polar surface area (TPSA) is 65.1 Å². The fraction of sp³-hybridized carbons (Fsp3) is 0.440. The Bertz CT molecular complexity index is 950. The van der Waals surface area contributed by atoms with Crippen LogP contribution in [0, 0.1) is 11.2 Å². The third-order valence-corrected chi connectivity index (χ3v) is 5.90. The highest BCUT2D eigenvalue weighted by Crippen LogP contribution is 2.40. The quantitative estimate of drug-likeness (QED) is 0.635. The van der Waals surface area contributed by atoms with E-state index in [1.54, 1.807) is 12.1 Å². The molecule has 2 aromatic rings. The minimum absolute atomic E-state index is 0.136. The maximum absolute atomic E-state index is 13.5. The number of rotatable bonds is 6. The summed E-state index contributed by atoms with van der Waals surface area (Å²) < 4.78 is 31.0. The molecule has 2 saturated heterocycles. The molecular weight excluding hydrogens is 413 g/mol. The molecule has 4 rings (SSSR count). The number of amides is 2. The highest BCUT2D eigenvalue weighted by molar-refractivity contribution is 5.93. The van der Waals surface area contributed by atoms with E-state index in [1.165, 1.54) is 17.0 Å². The monoisotopic (exact) mass is 441 g/mol. The van der Waals surface area contributed by atoms with Crippen molar-refractivity contribution in [1.29, 1.82) is 0 Å². The Hall–Kier alpha value is -2.77. The van der Waals surface area contributed by atoms with Crippen LogP contribution in [0.5, 0.6) is 0 Å². The summed E-state index contributed by atoms with van der Waals surface area (Å²) in [5.74, 6) is -1.69. The Morgan fingerprint density at radius 1 is 1.06 bits per heavy atom. The molecule has 32 heavy (non-hydrogen) atoms. The van der Waals surface area contributed by atoms with Gasteiger partial charge in [-0.1, -0.05) is 56.3 Å². The van der Waals surface area contributed by atoms with E-state index in [1.807, 2.05) is 44.2 Å². The molecule has 0 bridgehead atoms. The van der Waals surface area contributed by atoms with Crippen molar-refractivity contribution in [1.82, 2.24) is 4.90 Å². The number of nitrogens with zero attached hydrogens (tertiary/aromatic N) is 1. The average Bonchev–Trinajstić information content (AvgIpc) is 3.18. The molecule has 0 spiro atoms. The van der Waals surface area contributed by atoms with E-state index in [-0.39, 0.29) is 30.2 Å². The van der Waals surface area contributed by atoms with Gasteiger partial charge in [-0.05, 0) is 24.1 Å². The largest absolute Gasteiger partial charge is 0.446 e. The number of ether oxygens (including phenoxy) is 3. The van der Waals surface area contributed by atoms with Crippen LogP contribution >= 0.6 is 0 Å². The zero-order chi connectivity index (χ0) is 22.8. The second-order valence-corrected chi connectivity index (χ2v) is 9.12. The van der Waals surface area contributed by atoms with Crippen molar-refractivity contribution in [2.45, 2.75) is 44.9 Å². The molecule has 2 aliphatic heterocycles. The minimum Gasteiger partial charge on any atom is -0.446 e. The summed E-state index contributed by atoms with van der Waals surface area (Å²) in [6, 6.07) is 15.0. The highest BCUT2D eigenvalue weighted by Gasteiger charge is 2.43. The number of hydrogen-bond acceptors (Lipinski definition) is 5. The lowest BCUT2D eigenvalue weighted by Crippen LogP contribution is -2.45. The van der Waals surface area contributed by atoms with Crippen LogP contribution in [0.1, 0.15) is 50.3 Å². The van der Waals surface area contributed by atoms with Crippen LogP contribution in [-0.4, -0.2) is 36.7 Å². The van der Waals surface area contributed by atoms with Gasteiger partial charge in [-0.3, -0.25) is 4.79 Å². The Labute approximate surface area is 187 Å². The summed E-state index contributed by atoms with van der Waals surface area (Å²) in [7, 11) is 0. The summed E-state index contributed by atoms with van der Waals surface area (Å²) in [6.45, 7) is 5.21. The Morgan fingerprint density at radius 2 is 1.72 bits per heavy atom. The van der Waals surface area contributed by atoms with Crippen LogP contribution in [0.3, 0.4) is 0 Å². The molecule has 0 aliphatic carbocycles. The first-order valence-corrected chi connectivity index (χ1v) is 10.9. The van der Waals surface area contributed by atoms with Crippen molar-refractivity contribution in [2.24, 2.45) is 5.41 Å². The molecule has 2 heterocycles. The molecule has 2 aromatic carbocycles. The average molecular weight is 441 g/mol. The van der Waals surface area contributed by atoms with Crippen molar-refractivity contribution < 1.29 is 28.2 Å². The SMILES string of the molecule is CC1(C)COC(CCCC(=O)N2C(=O)OC[C@H]2c2ccccc2)(c2ccc(F)cc2)OC1. The number of halogens is 1. The number of hydrogen-bond donors (Lipinski definition) is 0. The number of carbonyl (C=O) groups is 2. The number of carbonyl (C=O) groups excluding carboxylic acids is 2. The van der Waals surface area contributed by atoms with E-state index in [2.05, 4.69) is 0 Å². The van der Waals surface area contributed by atoms with Gasteiger partial charge in [0.15, 0.2) is 5.79 Å². The third-order valence-electron chi connectivity index (χ3n) is 5.90. The van der Waals surface area contributed by atoms with Crippen molar-refractivity contribution in [3.05, 3.63) is 71.5 Å².